The van der Waals surface area contributed by atoms with E-state index in [-0.39, 0.29) is 12.0 Å². The Morgan fingerprint density at radius 3 is 3.05 bits per heavy atom. The number of amides is 1. The topological polar surface area (TPSA) is 62.2 Å². The van der Waals surface area contributed by atoms with Crippen molar-refractivity contribution in [3.8, 4) is 9.88 Å². The lowest BCUT2D eigenvalue weighted by molar-refractivity contribution is -0.120. The van der Waals surface area contributed by atoms with Crippen LogP contribution in [0.15, 0.2) is 22.9 Å². The number of thiophene rings is 1. The van der Waals surface area contributed by atoms with Crippen molar-refractivity contribution in [2.75, 3.05) is 6.54 Å². The Morgan fingerprint density at radius 2 is 2.37 bits per heavy atom. The van der Waals surface area contributed by atoms with E-state index in [2.05, 4.69) is 10.3 Å². The minimum Gasteiger partial charge on any atom is -0.393 e. The summed E-state index contributed by atoms with van der Waals surface area (Å²) in [5, 5.41) is 16.8. The van der Waals surface area contributed by atoms with E-state index in [9.17, 15) is 4.79 Å². The third-order valence-electron chi connectivity index (χ3n) is 2.51. The van der Waals surface area contributed by atoms with Gasteiger partial charge in [0.2, 0.25) is 5.91 Å². The van der Waals surface area contributed by atoms with Gasteiger partial charge < -0.3 is 10.4 Å². The zero-order chi connectivity index (χ0) is 13.7. The smallest absolute Gasteiger partial charge is 0.226 e. The second kappa shape index (κ2) is 6.79. The van der Waals surface area contributed by atoms with Crippen molar-refractivity contribution >= 4 is 28.6 Å². The third kappa shape index (κ3) is 4.41. The van der Waals surface area contributed by atoms with E-state index in [1.54, 1.807) is 29.6 Å². The van der Waals surface area contributed by atoms with E-state index >= 15 is 0 Å². The highest BCUT2D eigenvalue weighted by atomic mass is 32.1. The Morgan fingerprint density at radius 1 is 1.53 bits per heavy atom. The fourth-order valence-corrected chi connectivity index (χ4v) is 3.18. The van der Waals surface area contributed by atoms with Crippen molar-refractivity contribution in [3.05, 3.63) is 28.6 Å². The molecule has 0 bridgehead atoms. The maximum Gasteiger partial charge on any atom is 0.226 e. The third-order valence-corrected chi connectivity index (χ3v) is 4.44. The maximum absolute atomic E-state index is 11.7. The van der Waals surface area contributed by atoms with Gasteiger partial charge in [-0.05, 0) is 24.8 Å². The first-order chi connectivity index (χ1) is 9.15. The van der Waals surface area contributed by atoms with Crippen LogP contribution >= 0.6 is 22.7 Å². The Kier molecular flexibility index (Phi) is 5.07. The summed E-state index contributed by atoms with van der Waals surface area (Å²) < 4.78 is 0. The zero-order valence-electron chi connectivity index (χ0n) is 10.6. The first-order valence-electron chi connectivity index (χ1n) is 6.08. The second-order valence-corrected chi connectivity index (χ2v) is 6.09. The van der Waals surface area contributed by atoms with Crippen LogP contribution in [-0.4, -0.2) is 28.6 Å². The number of aliphatic hydroxyl groups is 1. The summed E-state index contributed by atoms with van der Waals surface area (Å²) in [6.45, 7) is 2.21. The van der Waals surface area contributed by atoms with Gasteiger partial charge in [0.1, 0.15) is 5.01 Å². The lowest BCUT2D eigenvalue weighted by atomic mass is 10.2. The highest BCUT2D eigenvalue weighted by Gasteiger charge is 2.09. The monoisotopic (exact) mass is 296 g/mol. The molecule has 0 aromatic carbocycles. The minimum absolute atomic E-state index is 0.0521. The van der Waals surface area contributed by atoms with E-state index < -0.39 is 0 Å². The molecule has 2 rings (SSSR count). The van der Waals surface area contributed by atoms with Gasteiger partial charge in [-0.15, -0.1) is 22.7 Å². The van der Waals surface area contributed by atoms with Gasteiger partial charge in [-0.25, -0.2) is 4.98 Å². The van der Waals surface area contributed by atoms with Gasteiger partial charge >= 0.3 is 0 Å². The molecular weight excluding hydrogens is 280 g/mol. The lowest BCUT2D eigenvalue weighted by Crippen LogP contribution is -2.27. The number of aliphatic hydroxyl groups excluding tert-OH is 1. The van der Waals surface area contributed by atoms with Gasteiger partial charge in [0, 0.05) is 11.9 Å². The molecule has 0 aliphatic heterocycles. The molecule has 0 aliphatic rings. The molecule has 1 atom stereocenters. The first-order valence-corrected chi connectivity index (χ1v) is 7.84. The number of hydrogen-bond acceptors (Lipinski definition) is 5. The Bertz CT molecular complexity index is 520. The zero-order valence-corrected chi connectivity index (χ0v) is 12.3. The summed E-state index contributed by atoms with van der Waals surface area (Å²) in [5.74, 6) is -0.0521. The van der Waals surface area contributed by atoms with Gasteiger partial charge in [0.15, 0.2) is 0 Å². The molecule has 0 saturated heterocycles. The van der Waals surface area contributed by atoms with E-state index in [0.717, 1.165) is 15.6 Å². The van der Waals surface area contributed by atoms with Crippen LogP contribution in [0.25, 0.3) is 9.88 Å². The summed E-state index contributed by atoms with van der Waals surface area (Å²) in [5.41, 5.74) is 0.794. The molecule has 2 N–H and O–H groups in total. The number of hydrogen-bond donors (Lipinski definition) is 2. The molecule has 1 unspecified atom stereocenters. The molecule has 1 amide bonds. The van der Waals surface area contributed by atoms with Crippen LogP contribution in [0.1, 0.15) is 19.0 Å². The molecule has 0 radical (unpaired) electrons. The average molecular weight is 296 g/mol. The van der Waals surface area contributed by atoms with Crippen molar-refractivity contribution in [2.24, 2.45) is 0 Å². The summed E-state index contributed by atoms with van der Waals surface area (Å²) in [6.07, 6.45) is 0.482. The van der Waals surface area contributed by atoms with Crippen molar-refractivity contribution in [1.82, 2.24) is 10.3 Å². The van der Waals surface area contributed by atoms with Crippen LogP contribution in [0, 0.1) is 0 Å². The van der Waals surface area contributed by atoms with E-state index in [0.29, 0.717) is 19.4 Å². The summed E-state index contributed by atoms with van der Waals surface area (Å²) >= 11 is 3.20. The van der Waals surface area contributed by atoms with Crippen LogP contribution in [0.3, 0.4) is 0 Å². The van der Waals surface area contributed by atoms with Crippen LogP contribution in [0.4, 0.5) is 0 Å². The number of thiazole rings is 1. The standard InChI is InChI=1S/C13H16N2O2S2/c1-9(16)4-5-14-12(17)7-10-8-19-13(15-10)11-3-2-6-18-11/h2-3,6,8-9,16H,4-5,7H2,1H3,(H,14,17). The van der Waals surface area contributed by atoms with Crippen LogP contribution in [-0.2, 0) is 11.2 Å². The lowest BCUT2D eigenvalue weighted by Gasteiger charge is -2.05. The average Bonchev–Trinajstić information content (AvgIpc) is 2.97. The number of aromatic nitrogens is 1. The Labute approximate surface area is 120 Å². The van der Waals surface area contributed by atoms with Gasteiger partial charge in [-0.2, -0.15) is 0 Å². The number of carbonyl (C=O) groups is 1. The largest absolute Gasteiger partial charge is 0.393 e. The van der Waals surface area contributed by atoms with Gasteiger partial charge in [0.05, 0.1) is 23.1 Å². The van der Waals surface area contributed by atoms with Crippen molar-refractivity contribution in [1.29, 1.82) is 0 Å². The molecule has 102 valence electrons. The highest BCUT2D eigenvalue weighted by Crippen LogP contribution is 2.27. The number of carbonyl (C=O) groups excluding carboxylic acids is 1. The molecule has 0 saturated carbocycles. The van der Waals surface area contributed by atoms with Gasteiger partial charge in [-0.1, -0.05) is 6.07 Å². The molecule has 0 aliphatic carbocycles. The molecule has 0 fully saturated rings. The molecule has 2 aromatic heterocycles. The number of rotatable bonds is 6. The van der Waals surface area contributed by atoms with E-state index in [1.165, 1.54) is 0 Å². The molecular formula is C13H16N2O2S2. The quantitative estimate of drug-likeness (QED) is 0.860. The molecule has 6 heteroatoms. The fourth-order valence-electron chi connectivity index (χ4n) is 1.55. The molecule has 2 heterocycles. The maximum atomic E-state index is 11.7. The summed E-state index contributed by atoms with van der Waals surface area (Å²) in [4.78, 5) is 17.2. The molecule has 19 heavy (non-hydrogen) atoms. The molecule has 4 nitrogen and oxygen atoms in total. The highest BCUT2D eigenvalue weighted by molar-refractivity contribution is 7.20. The van der Waals surface area contributed by atoms with Gasteiger partial charge in [-0.3, -0.25) is 4.79 Å². The van der Waals surface area contributed by atoms with Crippen LogP contribution in [0.5, 0.6) is 0 Å². The molecule has 2 aromatic rings. The summed E-state index contributed by atoms with van der Waals surface area (Å²) in [6, 6.07) is 4.01. The number of nitrogens with zero attached hydrogens (tertiary/aromatic N) is 1. The predicted molar refractivity (Wildman–Crippen MR) is 78.4 cm³/mol. The number of nitrogens with one attached hydrogen (secondary N) is 1. The van der Waals surface area contributed by atoms with Crippen LogP contribution < -0.4 is 5.32 Å². The van der Waals surface area contributed by atoms with E-state index in [1.807, 2.05) is 22.9 Å². The van der Waals surface area contributed by atoms with E-state index in [4.69, 9.17) is 5.11 Å². The van der Waals surface area contributed by atoms with Gasteiger partial charge in [0.25, 0.3) is 0 Å². The fraction of sp³-hybridized carbons (Fsp3) is 0.385. The normalized spacial score (nSPS) is 12.3. The summed E-state index contributed by atoms with van der Waals surface area (Å²) in [7, 11) is 0. The van der Waals surface area contributed by atoms with Crippen molar-refractivity contribution in [2.45, 2.75) is 25.9 Å². The molecule has 0 spiro atoms. The first kappa shape index (κ1) is 14.2. The van der Waals surface area contributed by atoms with Crippen molar-refractivity contribution < 1.29 is 9.90 Å². The minimum atomic E-state index is -0.384. The Hall–Kier alpha value is -1.24. The SMILES string of the molecule is CC(O)CCNC(=O)Cc1csc(-c2cccs2)n1. The van der Waals surface area contributed by atoms with Crippen LogP contribution in [0.2, 0.25) is 0 Å². The Balaban J connectivity index is 1.84. The predicted octanol–water partition coefficient (Wildman–Crippen LogP) is 2.30. The second-order valence-electron chi connectivity index (χ2n) is 4.29. The van der Waals surface area contributed by atoms with Crippen molar-refractivity contribution in [3.63, 3.8) is 0 Å².